The quantitative estimate of drug-likeness (QED) is 0.662. The molecule has 1 aliphatic rings. The molecule has 0 aliphatic carbocycles. The minimum atomic E-state index is -0.332. The van der Waals surface area contributed by atoms with Crippen LogP contribution in [0.3, 0.4) is 0 Å². The van der Waals surface area contributed by atoms with E-state index in [0.717, 1.165) is 0 Å². The molecule has 0 bridgehead atoms. The molecular weight excluding hydrogens is 278 g/mol. The maximum atomic E-state index is 3.80. The maximum Gasteiger partial charge on any atom is 0.107 e. The topological polar surface area (TPSA) is 12.0 Å². The average molecular weight is 297 g/mol. The first-order valence-corrected chi connectivity index (χ1v) is 7.98. The number of rotatable bonds is 2. The van der Waals surface area contributed by atoms with Crippen molar-refractivity contribution < 1.29 is 0 Å². The fourth-order valence-electron chi connectivity index (χ4n) is 3.47. The molecule has 0 fully saturated rings. The summed E-state index contributed by atoms with van der Waals surface area (Å²) in [5.41, 5.74) is 5.92. The van der Waals surface area contributed by atoms with Crippen molar-refractivity contribution in [2.75, 3.05) is 5.32 Å². The van der Waals surface area contributed by atoms with Crippen LogP contribution in [0.5, 0.6) is 0 Å². The first-order chi connectivity index (χ1) is 11.3. The van der Waals surface area contributed by atoms with Gasteiger partial charge in [0.15, 0.2) is 0 Å². The Morgan fingerprint density at radius 2 is 1.17 bits per heavy atom. The highest BCUT2D eigenvalue weighted by atomic mass is 15.0. The van der Waals surface area contributed by atoms with Crippen LogP contribution in [0.4, 0.5) is 5.69 Å². The van der Waals surface area contributed by atoms with Gasteiger partial charge in [-0.15, -0.1) is 0 Å². The molecule has 0 saturated carbocycles. The monoisotopic (exact) mass is 297 g/mol. The van der Waals surface area contributed by atoms with Gasteiger partial charge >= 0.3 is 0 Å². The second-order valence-corrected chi connectivity index (χ2v) is 6.04. The fraction of sp³-hybridized carbons (Fsp3) is 0.0909. The van der Waals surface area contributed by atoms with Crippen molar-refractivity contribution in [1.82, 2.24) is 0 Å². The van der Waals surface area contributed by atoms with Gasteiger partial charge in [0.1, 0.15) is 5.54 Å². The molecule has 0 atom stereocenters. The van der Waals surface area contributed by atoms with Crippen molar-refractivity contribution in [3.05, 3.63) is 108 Å². The molecule has 1 aliphatic heterocycles. The van der Waals surface area contributed by atoms with Gasteiger partial charge in [-0.1, -0.05) is 78.9 Å². The van der Waals surface area contributed by atoms with Crippen LogP contribution in [0.25, 0.3) is 5.57 Å². The molecule has 0 amide bonds. The Labute approximate surface area is 137 Å². The third-order valence-electron chi connectivity index (χ3n) is 4.58. The lowest BCUT2D eigenvalue weighted by Gasteiger charge is -2.39. The summed E-state index contributed by atoms with van der Waals surface area (Å²) in [6.45, 7) is 2.19. The van der Waals surface area contributed by atoms with Crippen LogP contribution in [0.1, 0.15) is 23.6 Å². The van der Waals surface area contributed by atoms with E-state index in [0.29, 0.717) is 0 Å². The zero-order valence-electron chi connectivity index (χ0n) is 13.2. The van der Waals surface area contributed by atoms with Crippen LogP contribution in [-0.2, 0) is 5.54 Å². The van der Waals surface area contributed by atoms with E-state index < -0.39 is 0 Å². The minimum Gasteiger partial charge on any atom is -0.368 e. The summed E-state index contributed by atoms with van der Waals surface area (Å²) < 4.78 is 0. The predicted molar refractivity (Wildman–Crippen MR) is 97.4 cm³/mol. The van der Waals surface area contributed by atoms with E-state index in [1.165, 1.54) is 28.0 Å². The van der Waals surface area contributed by atoms with E-state index in [1.807, 2.05) is 0 Å². The summed E-state index contributed by atoms with van der Waals surface area (Å²) in [7, 11) is 0. The molecule has 0 unspecified atom stereocenters. The standard InChI is InChI=1S/C22H19N/c1-17-16-22(18-10-4-2-5-11-18,19-12-6-3-7-13-19)23-21-15-9-8-14-20(17)21/h2-16,23H,1H3. The van der Waals surface area contributed by atoms with Crippen LogP contribution >= 0.6 is 0 Å². The molecule has 1 heteroatoms. The number of benzene rings is 3. The van der Waals surface area contributed by atoms with E-state index in [1.54, 1.807) is 0 Å². The second kappa shape index (κ2) is 5.44. The van der Waals surface area contributed by atoms with Gasteiger partial charge in [-0.05, 0) is 35.8 Å². The van der Waals surface area contributed by atoms with Gasteiger partial charge in [0.25, 0.3) is 0 Å². The van der Waals surface area contributed by atoms with Gasteiger partial charge in [-0.3, -0.25) is 0 Å². The van der Waals surface area contributed by atoms with E-state index >= 15 is 0 Å². The summed E-state index contributed by atoms with van der Waals surface area (Å²) in [6.07, 6.45) is 2.35. The third kappa shape index (κ3) is 2.25. The number of fused-ring (bicyclic) bond motifs is 1. The summed E-state index contributed by atoms with van der Waals surface area (Å²) >= 11 is 0. The Bertz CT molecular complexity index is 808. The van der Waals surface area contributed by atoms with E-state index in [2.05, 4.69) is 103 Å². The zero-order chi connectivity index (χ0) is 15.7. The Hall–Kier alpha value is -2.80. The number of nitrogens with one attached hydrogen (secondary N) is 1. The van der Waals surface area contributed by atoms with E-state index in [4.69, 9.17) is 0 Å². The van der Waals surface area contributed by atoms with Crippen molar-refractivity contribution in [1.29, 1.82) is 0 Å². The van der Waals surface area contributed by atoms with E-state index in [9.17, 15) is 0 Å². The lowest BCUT2D eigenvalue weighted by atomic mass is 9.78. The molecule has 0 radical (unpaired) electrons. The number of allylic oxidation sites excluding steroid dienone is 1. The molecule has 3 aromatic carbocycles. The molecule has 0 spiro atoms. The summed E-state index contributed by atoms with van der Waals surface area (Å²) in [6, 6.07) is 29.8. The average Bonchev–Trinajstić information content (AvgIpc) is 2.63. The molecule has 3 aromatic rings. The van der Waals surface area contributed by atoms with Gasteiger partial charge in [0.2, 0.25) is 0 Å². The van der Waals surface area contributed by atoms with Crippen LogP contribution in [0.15, 0.2) is 91.0 Å². The Morgan fingerprint density at radius 3 is 1.78 bits per heavy atom. The molecule has 1 nitrogen and oxygen atoms in total. The number of anilines is 1. The molecule has 1 heterocycles. The van der Waals surface area contributed by atoms with Crippen LogP contribution in [0, 0.1) is 0 Å². The maximum absolute atomic E-state index is 3.80. The number of hydrogen-bond acceptors (Lipinski definition) is 1. The molecule has 112 valence electrons. The largest absolute Gasteiger partial charge is 0.368 e. The summed E-state index contributed by atoms with van der Waals surface area (Å²) in [5.74, 6) is 0. The van der Waals surface area contributed by atoms with Gasteiger partial charge < -0.3 is 5.32 Å². The Balaban J connectivity index is 1.98. The molecule has 1 N–H and O–H groups in total. The normalized spacial score (nSPS) is 15.3. The minimum absolute atomic E-state index is 0.332. The van der Waals surface area contributed by atoms with Crippen molar-refractivity contribution in [3.8, 4) is 0 Å². The van der Waals surface area contributed by atoms with Gasteiger partial charge in [-0.25, -0.2) is 0 Å². The lowest BCUT2D eigenvalue weighted by Crippen LogP contribution is -2.37. The number of hydrogen-bond donors (Lipinski definition) is 1. The zero-order valence-corrected chi connectivity index (χ0v) is 13.2. The molecule has 0 aromatic heterocycles. The second-order valence-electron chi connectivity index (χ2n) is 6.04. The van der Waals surface area contributed by atoms with Crippen LogP contribution in [-0.4, -0.2) is 0 Å². The van der Waals surface area contributed by atoms with Crippen molar-refractivity contribution >= 4 is 11.3 Å². The van der Waals surface area contributed by atoms with Crippen molar-refractivity contribution in [2.24, 2.45) is 0 Å². The van der Waals surface area contributed by atoms with Gasteiger partial charge in [0, 0.05) is 11.3 Å². The predicted octanol–water partition coefficient (Wildman–Crippen LogP) is 5.46. The molecule has 23 heavy (non-hydrogen) atoms. The van der Waals surface area contributed by atoms with Crippen molar-refractivity contribution in [3.63, 3.8) is 0 Å². The fourth-order valence-corrected chi connectivity index (χ4v) is 3.47. The highest BCUT2D eigenvalue weighted by Crippen LogP contribution is 2.42. The van der Waals surface area contributed by atoms with Gasteiger partial charge in [-0.2, -0.15) is 0 Å². The van der Waals surface area contributed by atoms with Gasteiger partial charge in [0.05, 0.1) is 0 Å². The molecular formula is C22H19N. The first kappa shape index (κ1) is 13.8. The SMILES string of the molecule is CC1=CC(c2ccccc2)(c2ccccc2)Nc2ccccc21. The Morgan fingerprint density at radius 1 is 0.652 bits per heavy atom. The summed E-state index contributed by atoms with van der Waals surface area (Å²) in [5, 5.41) is 3.80. The third-order valence-corrected chi connectivity index (χ3v) is 4.58. The Kier molecular flexibility index (Phi) is 3.27. The molecule has 4 rings (SSSR count). The van der Waals surface area contributed by atoms with Crippen LogP contribution in [0.2, 0.25) is 0 Å². The molecule has 0 saturated heterocycles. The highest BCUT2D eigenvalue weighted by Gasteiger charge is 2.35. The first-order valence-electron chi connectivity index (χ1n) is 7.98. The lowest BCUT2D eigenvalue weighted by molar-refractivity contribution is 0.737. The summed E-state index contributed by atoms with van der Waals surface area (Å²) in [4.78, 5) is 0. The van der Waals surface area contributed by atoms with Crippen LogP contribution < -0.4 is 5.32 Å². The smallest absolute Gasteiger partial charge is 0.107 e. The van der Waals surface area contributed by atoms with E-state index in [-0.39, 0.29) is 5.54 Å². The number of para-hydroxylation sites is 1. The highest BCUT2D eigenvalue weighted by molar-refractivity contribution is 5.82. The van der Waals surface area contributed by atoms with Crippen molar-refractivity contribution in [2.45, 2.75) is 12.5 Å².